The monoisotopic (exact) mass is 303 g/mol. The van der Waals surface area contributed by atoms with Crippen molar-refractivity contribution in [3.05, 3.63) is 39.3 Å². The largest absolute Gasteiger partial charge is 0.489 e. The zero-order chi connectivity index (χ0) is 12.1. The molecule has 1 aromatic carbocycles. The molecule has 2 nitrogen and oxygen atoms in total. The van der Waals surface area contributed by atoms with Crippen LogP contribution in [0.15, 0.2) is 33.8 Å². The minimum absolute atomic E-state index is 0.0622. The van der Waals surface area contributed by atoms with Crippen molar-refractivity contribution in [3.63, 3.8) is 0 Å². The van der Waals surface area contributed by atoms with Gasteiger partial charge in [0.15, 0.2) is 0 Å². The number of ether oxygens (including phenoxy) is 1. The van der Waals surface area contributed by atoms with Gasteiger partial charge in [0.25, 0.3) is 0 Å². The van der Waals surface area contributed by atoms with E-state index in [4.69, 9.17) is 22.1 Å². The molecular weight excluding hydrogens is 289 g/mol. The van der Waals surface area contributed by atoms with E-state index in [0.29, 0.717) is 6.61 Å². The molecule has 1 rings (SSSR count). The Morgan fingerprint density at radius 2 is 2.31 bits per heavy atom. The molecule has 0 aliphatic rings. The minimum atomic E-state index is -0.0622. The molecule has 0 aromatic heterocycles. The standard InChI is InChI=1S/C12H15BrClNO/c1-8(6-14)7-16-12-4-3-10(13)5-11(12)9(2)15/h3-6,9H,7,15H2,1-2H3/b8-6+/t9-/m1/s1. The Bertz CT molecular complexity index is 391. The van der Waals surface area contributed by atoms with Crippen molar-refractivity contribution < 1.29 is 4.74 Å². The Morgan fingerprint density at radius 1 is 1.62 bits per heavy atom. The lowest BCUT2D eigenvalue weighted by Gasteiger charge is -2.14. The summed E-state index contributed by atoms with van der Waals surface area (Å²) in [7, 11) is 0. The average molecular weight is 305 g/mol. The Kier molecular flexibility index (Phi) is 5.32. The summed E-state index contributed by atoms with van der Waals surface area (Å²) in [5, 5.41) is 0. The van der Waals surface area contributed by atoms with Crippen molar-refractivity contribution >= 4 is 27.5 Å². The number of hydrogen-bond donors (Lipinski definition) is 1. The second-order valence-electron chi connectivity index (χ2n) is 3.71. The third kappa shape index (κ3) is 3.81. The molecule has 0 saturated carbocycles. The fourth-order valence-corrected chi connectivity index (χ4v) is 1.67. The van der Waals surface area contributed by atoms with Gasteiger partial charge in [0.1, 0.15) is 12.4 Å². The third-order valence-electron chi connectivity index (χ3n) is 2.10. The second kappa shape index (κ2) is 6.28. The quantitative estimate of drug-likeness (QED) is 0.913. The number of halogens is 2. The summed E-state index contributed by atoms with van der Waals surface area (Å²) in [4.78, 5) is 0. The molecule has 1 aromatic rings. The molecule has 4 heteroatoms. The summed E-state index contributed by atoms with van der Waals surface area (Å²) in [6.07, 6.45) is 0. The maximum Gasteiger partial charge on any atom is 0.124 e. The minimum Gasteiger partial charge on any atom is -0.489 e. The van der Waals surface area contributed by atoms with Crippen LogP contribution in [0, 0.1) is 0 Å². The van der Waals surface area contributed by atoms with Crippen LogP contribution >= 0.6 is 27.5 Å². The molecule has 0 spiro atoms. The smallest absolute Gasteiger partial charge is 0.124 e. The van der Waals surface area contributed by atoms with E-state index in [2.05, 4.69) is 15.9 Å². The fourth-order valence-electron chi connectivity index (χ4n) is 1.23. The molecule has 0 radical (unpaired) electrons. The van der Waals surface area contributed by atoms with Crippen LogP contribution in [-0.2, 0) is 0 Å². The molecule has 0 heterocycles. The Labute approximate surface area is 110 Å². The Hall–Kier alpha value is -0.510. The highest BCUT2D eigenvalue weighted by Gasteiger charge is 2.08. The lowest BCUT2D eigenvalue weighted by molar-refractivity contribution is 0.346. The van der Waals surface area contributed by atoms with Crippen LogP contribution in [0.4, 0.5) is 0 Å². The molecule has 0 unspecified atom stereocenters. The first-order valence-corrected chi connectivity index (χ1v) is 6.21. The van der Waals surface area contributed by atoms with Gasteiger partial charge in [-0.15, -0.1) is 0 Å². The van der Waals surface area contributed by atoms with Gasteiger partial charge in [0.05, 0.1) is 0 Å². The van der Waals surface area contributed by atoms with Gasteiger partial charge < -0.3 is 10.5 Å². The van der Waals surface area contributed by atoms with E-state index in [0.717, 1.165) is 21.4 Å². The van der Waals surface area contributed by atoms with E-state index in [-0.39, 0.29) is 6.04 Å². The first kappa shape index (κ1) is 13.6. The van der Waals surface area contributed by atoms with E-state index >= 15 is 0 Å². The number of benzene rings is 1. The van der Waals surface area contributed by atoms with E-state index in [1.165, 1.54) is 5.54 Å². The summed E-state index contributed by atoms with van der Waals surface area (Å²) < 4.78 is 6.65. The topological polar surface area (TPSA) is 35.2 Å². The maximum atomic E-state index is 5.88. The Balaban J connectivity index is 2.87. The predicted molar refractivity (Wildman–Crippen MR) is 71.8 cm³/mol. The lowest BCUT2D eigenvalue weighted by atomic mass is 10.1. The van der Waals surface area contributed by atoms with Crippen LogP contribution < -0.4 is 10.5 Å². The van der Waals surface area contributed by atoms with E-state index in [1.54, 1.807) is 0 Å². The summed E-state index contributed by atoms with van der Waals surface area (Å²) in [5.74, 6) is 0.802. The van der Waals surface area contributed by atoms with Gasteiger partial charge in [-0.25, -0.2) is 0 Å². The molecule has 0 saturated heterocycles. The highest BCUT2D eigenvalue weighted by atomic mass is 79.9. The molecule has 88 valence electrons. The molecule has 16 heavy (non-hydrogen) atoms. The van der Waals surface area contributed by atoms with Crippen LogP contribution in [-0.4, -0.2) is 6.61 Å². The van der Waals surface area contributed by atoms with Crippen LogP contribution in [0.25, 0.3) is 0 Å². The maximum absolute atomic E-state index is 5.88. The van der Waals surface area contributed by atoms with Crippen molar-refractivity contribution in [2.75, 3.05) is 6.61 Å². The first-order valence-electron chi connectivity index (χ1n) is 4.98. The van der Waals surface area contributed by atoms with Crippen molar-refractivity contribution in [1.82, 2.24) is 0 Å². The molecule has 2 N–H and O–H groups in total. The highest BCUT2D eigenvalue weighted by molar-refractivity contribution is 9.10. The van der Waals surface area contributed by atoms with Crippen molar-refractivity contribution in [2.45, 2.75) is 19.9 Å². The lowest BCUT2D eigenvalue weighted by Crippen LogP contribution is -2.09. The SMILES string of the molecule is C/C(=C\Cl)COc1ccc(Br)cc1[C@@H](C)N. The van der Waals surface area contributed by atoms with Crippen LogP contribution in [0.2, 0.25) is 0 Å². The van der Waals surface area contributed by atoms with Crippen molar-refractivity contribution in [2.24, 2.45) is 5.73 Å². The molecule has 0 fully saturated rings. The summed E-state index contributed by atoms with van der Waals surface area (Å²) >= 11 is 8.99. The van der Waals surface area contributed by atoms with Gasteiger partial charge >= 0.3 is 0 Å². The Morgan fingerprint density at radius 3 is 2.88 bits per heavy atom. The fraction of sp³-hybridized carbons (Fsp3) is 0.333. The summed E-state index contributed by atoms with van der Waals surface area (Å²) in [6.45, 7) is 4.32. The predicted octanol–water partition coefficient (Wildman–Crippen LogP) is 3.99. The molecule has 0 aliphatic heterocycles. The van der Waals surface area contributed by atoms with Gasteiger partial charge in [0, 0.05) is 21.6 Å². The van der Waals surface area contributed by atoms with Gasteiger partial charge in [-0.3, -0.25) is 0 Å². The normalized spacial score (nSPS) is 13.7. The van der Waals surface area contributed by atoms with Gasteiger partial charge in [0.2, 0.25) is 0 Å². The van der Waals surface area contributed by atoms with E-state index in [9.17, 15) is 0 Å². The van der Waals surface area contributed by atoms with Crippen LogP contribution in [0.3, 0.4) is 0 Å². The van der Waals surface area contributed by atoms with Gasteiger partial charge in [-0.2, -0.15) is 0 Å². The first-order chi connectivity index (χ1) is 7.54. The highest BCUT2D eigenvalue weighted by Crippen LogP contribution is 2.27. The van der Waals surface area contributed by atoms with E-state index in [1.807, 2.05) is 32.0 Å². The van der Waals surface area contributed by atoms with Crippen molar-refractivity contribution in [3.8, 4) is 5.75 Å². The number of hydrogen-bond acceptors (Lipinski definition) is 2. The van der Waals surface area contributed by atoms with Crippen molar-refractivity contribution in [1.29, 1.82) is 0 Å². The zero-order valence-corrected chi connectivity index (χ0v) is 11.7. The van der Waals surface area contributed by atoms with Crippen LogP contribution in [0.1, 0.15) is 25.5 Å². The molecule has 1 atom stereocenters. The molecule has 0 amide bonds. The van der Waals surface area contributed by atoms with Gasteiger partial charge in [-0.1, -0.05) is 27.5 Å². The zero-order valence-electron chi connectivity index (χ0n) is 9.34. The summed E-state index contributed by atoms with van der Waals surface area (Å²) in [6, 6.07) is 5.75. The number of rotatable bonds is 4. The van der Waals surface area contributed by atoms with Crippen LogP contribution in [0.5, 0.6) is 5.75 Å². The van der Waals surface area contributed by atoms with Gasteiger partial charge in [-0.05, 0) is 37.6 Å². The molecule has 0 aliphatic carbocycles. The average Bonchev–Trinajstić information content (AvgIpc) is 2.26. The molecular formula is C12H15BrClNO. The van der Waals surface area contributed by atoms with E-state index < -0.39 is 0 Å². The third-order valence-corrected chi connectivity index (χ3v) is 2.97. The second-order valence-corrected chi connectivity index (χ2v) is 4.85. The molecule has 0 bridgehead atoms. The number of nitrogens with two attached hydrogens (primary N) is 1. The summed E-state index contributed by atoms with van der Waals surface area (Å²) in [5.41, 5.74) is 9.35.